The smallest absolute Gasteiger partial charge is 0.335 e. The van der Waals surface area contributed by atoms with Crippen molar-refractivity contribution in [2.24, 2.45) is 5.10 Å². The van der Waals surface area contributed by atoms with E-state index in [0.717, 1.165) is 24.2 Å². The van der Waals surface area contributed by atoms with Crippen molar-refractivity contribution in [2.45, 2.75) is 38.0 Å². The van der Waals surface area contributed by atoms with Gasteiger partial charge in [-0.2, -0.15) is 14.9 Å². The van der Waals surface area contributed by atoms with Gasteiger partial charge in [-0.15, -0.1) is 0 Å². The van der Waals surface area contributed by atoms with Crippen LogP contribution in [-0.4, -0.2) is 32.2 Å². The predicted molar refractivity (Wildman–Crippen MR) is 89.6 cm³/mol. The maximum absolute atomic E-state index is 10.9. The fraction of sp³-hybridized carbons (Fsp3) is 0.375. The molecule has 1 fully saturated rings. The highest BCUT2D eigenvalue weighted by Gasteiger charge is 2.21. The monoisotopic (exact) mass is 330 g/mol. The number of nitrogens with zero attached hydrogens (tertiary/aromatic N) is 3. The van der Waals surface area contributed by atoms with Gasteiger partial charge in [0.2, 0.25) is 4.77 Å². The summed E-state index contributed by atoms with van der Waals surface area (Å²) in [5, 5.41) is 20.5. The van der Waals surface area contributed by atoms with Crippen LogP contribution in [0.1, 0.15) is 59.8 Å². The molecule has 0 spiro atoms. The Balaban J connectivity index is 1.83. The van der Waals surface area contributed by atoms with E-state index in [-0.39, 0.29) is 5.56 Å². The molecular weight excluding hydrogens is 312 g/mol. The van der Waals surface area contributed by atoms with E-state index in [2.05, 4.69) is 15.3 Å². The van der Waals surface area contributed by atoms with Crippen LogP contribution in [0.25, 0.3) is 0 Å². The maximum Gasteiger partial charge on any atom is 0.335 e. The summed E-state index contributed by atoms with van der Waals surface area (Å²) < 4.78 is 2.15. The molecule has 2 N–H and O–H groups in total. The van der Waals surface area contributed by atoms with Crippen molar-refractivity contribution in [3.05, 3.63) is 46.0 Å². The Kier molecular flexibility index (Phi) is 4.66. The highest BCUT2D eigenvalue weighted by Crippen LogP contribution is 2.31. The fourth-order valence-corrected chi connectivity index (χ4v) is 3.06. The number of aromatic amines is 1. The lowest BCUT2D eigenvalue weighted by atomic mass is 9.89. The molecule has 23 heavy (non-hydrogen) atoms. The lowest BCUT2D eigenvalue weighted by molar-refractivity contribution is 0.0697. The maximum atomic E-state index is 10.9. The first-order valence-corrected chi connectivity index (χ1v) is 8.11. The molecule has 2 aromatic rings. The number of aromatic nitrogens is 3. The summed E-state index contributed by atoms with van der Waals surface area (Å²) in [5.74, 6) is 0.335. The van der Waals surface area contributed by atoms with Crippen LogP contribution in [-0.2, 0) is 0 Å². The predicted octanol–water partition coefficient (Wildman–Crippen LogP) is 3.57. The van der Waals surface area contributed by atoms with Crippen LogP contribution < -0.4 is 0 Å². The Labute approximate surface area is 138 Å². The van der Waals surface area contributed by atoms with Crippen molar-refractivity contribution in [3.8, 4) is 0 Å². The first-order chi connectivity index (χ1) is 11.1. The molecule has 1 aromatic carbocycles. The van der Waals surface area contributed by atoms with Crippen LogP contribution in [0.2, 0.25) is 0 Å². The highest BCUT2D eigenvalue weighted by atomic mass is 32.1. The summed E-state index contributed by atoms with van der Waals surface area (Å²) >= 11 is 5.27. The number of hydrogen-bond donors (Lipinski definition) is 2. The molecule has 1 aromatic heterocycles. The second-order valence-corrected chi connectivity index (χ2v) is 6.09. The van der Waals surface area contributed by atoms with Crippen LogP contribution in [0.5, 0.6) is 0 Å². The lowest BCUT2D eigenvalue weighted by Gasteiger charge is -2.19. The van der Waals surface area contributed by atoms with Crippen LogP contribution in [0, 0.1) is 4.77 Å². The summed E-state index contributed by atoms with van der Waals surface area (Å²) in [6, 6.07) is 6.55. The first-order valence-electron chi connectivity index (χ1n) is 7.70. The number of H-pyrrole nitrogens is 1. The minimum atomic E-state index is -0.940. The van der Waals surface area contributed by atoms with Gasteiger partial charge < -0.3 is 5.11 Å². The molecule has 1 aliphatic rings. The molecule has 0 aliphatic heterocycles. The molecule has 6 nitrogen and oxygen atoms in total. The van der Waals surface area contributed by atoms with Crippen molar-refractivity contribution in [2.75, 3.05) is 0 Å². The van der Waals surface area contributed by atoms with Crippen molar-refractivity contribution >= 4 is 24.4 Å². The summed E-state index contributed by atoms with van der Waals surface area (Å²) in [4.78, 5) is 10.9. The van der Waals surface area contributed by atoms with Crippen LogP contribution in [0.4, 0.5) is 0 Å². The Morgan fingerprint density at radius 1 is 1.30 bits per heavy atom. The van der Waals surface area contributed by atoms with E-state index < -0.39 is 5.97 Å². The van der Waals surface area contributed by atoms with Crippen LogP contribution >= 0.6 is 12.2 Å². The van der Waals surface area contributed by atoms with Crippen LogP contribution in [0.3, 0.4) is 0 Å². The molecular formula is C16H18N4O2S. The van der Waals surface area contributed by atoms with E-state index >= 15 is 0 Å². The number of rotatable bonds is 4. The van der Waals surface area contributed by atoms with Crippen molar-refractivity contribution in [3.63, 3.8) is 0 Å². The fourth-order valence-electron chi connectivity index (χ4n) is 2.88. The van der Waals surface area contributed by atoms with Gasteiger partial charge in [-0.1, -0.05) is 31.4 Å². The van der Waals surface area contributed by atoms with E-state index in [1.165, 1.54) is 19.3 Å². The zero-order valence-electron chi connectivity index (χ0n) is 12.6. The average Bonchev–Trinajstić information content (AvgIpc) is 2.95. The molecule has 7 heteroatoms. The molecule has 0 saturated heterocycles. The third-order valence-electron chi connectivity index (χ3n) is 4.13. The molecule has 1 aliphatic carbocycles. The quantitative estimate of drug-likeness (QED) is 0.663. The Hall–Kier alpha value is -2.28. The first kappa shape index (κ1) is 15.6. The zero-order chi connectivity index (χ0) is 16.2. The number of hydrogen-bond acceptors (Lipinski definition) is 4. The summed E-state index contributed by atoms with van der Waals surface area (Å²) in [5.41, 5.74) is 1.07. The minimum absolute atomic E-state index is 0.255. The van der Waals surface area contributed by atoms with Crippen molar-refractivity contribution in [1.29, 1.82) is 0 Å². The minimum Gasteiger partial charge on any atom is -0.478 e. The van der Waals surface area contributed by atoms with Gasteiger partial charge in [0.1, 0.15) is 0 Å². The third-order valence-corrected chi connectivity index (χ3v) is 4.39. The van der Waals surface area contributed by atoms with Gasteiger partial charge in [-0.25, -0.2) is 4.79 Å². The van der Waals surface area contributed by atoms with Gasteiger partial charge in [0, 0.05) is 5.92 Å². The summed E-state index contributed by atoms with van der Waals surface area (Å²) in [6.45, 7) is 0. The molecule has 120 valence electrons. The summed E-state index contributed by atoms with van der Waals surface area (Å²) in [7, 11) is 0. The molecule has 0 amide bonds. The van der Waals surface area contributed by atoms with Crippen LogP contribution in [0.15, 0.2) is 29.4 Å². The standard InChI is InChI=1S/C16H18N4O2S/c21-15(22)13-8-6-11(7-9-13)10-17-20-14(18-19-16(20)23)12-4-2-1-3-5-12/h6-10,12H,1-5H2,(H,19,23)(H,21,22)/b17-10-. The van der Waals surface area contributed by atoms with E-state index in [1.807, 2.05) is 0 Å². The molecule has 0 atom stereocenters. The van der Waals surface area contributed by atoms with E-state index in [0.29, 0.717) is 10.7 Å². The molecule has 1 saturated carbocycles. The molecule has 3 rings (SSSR count). The largest absolute Gasteiger partial charge is 0.478 e. The van der Waals surface area contributed by atoms with Gasteiger partial charge in [0.05, 0.1) is 11.8 Å². The second kappa shape index (κ2) is 6.87. The summed E-state index contributed by atoms with van der Waals surface area (Å²) in [6.07, 6.45) is 7.60. The number of carboxylic acids is 1. The van der Waals surface area contributed by atoms with Gasteiger partial charge in [0.25, 0.3) is 0 Å². The number of carboxylic acid groups (broad SMARTS) is 1. The Bertz CT molecular complexity index is 770. The van der Waals surface area contributed by atoms with Crippen molar-refractivity contribution in [1.82, 2.24) is 14.9 Å². The number of aromatic carboxylic acids is 1. The molecule has 0 radical (unpaired) electrons. The number of carbonyl (C=O) groups is 1. The topological polar surface area (TPSA) is 83.3 Å². The Morgan fingerprint density at radius 3 is 2.65 bits per heavy atom. The number of nitrogens with one attached hydrogen (secondary N) is 1. The van der Waals surface area contributed by atoms with Crippen molar-refractivity contribution < 1.29 is 9.90 Å². The van der Waals surface area contributed by atoms with Gasteiger partial charge in [0.15, 0.2) is 5.82 Å². The SMILES string of the molecule is O=C(O)c1ccc(/C=N\n2c(C3CCCCC3)n[nH]c2=S)cc1. The normalized spacial score (nSPS) is 16.0. The number of benzene rings is 1. The zero-order valence-corrected chi connectivity index (χ0v) is 13.4. The average molecular weight is 330 g/mol. The van der Waals surface area contributed by atoms with Gasteiger partial charge in [-0.05, 0) is 42.8 Å². The second-order valence-electron chi connectivity index (χ2n) is 5.71. The lowest BCUT2D eigenvalue weighted by Crippen LogP contribution is -2.10. The molecule has 0 bridgehead atoms. The third kappa shape index (κ3) is 3.56. The Morgan fingerprint density at radius 2 is 2.00 bits per heavy atom. The highest BCUT2D eigenvalue weighted by molar-refractivity contribution is 7.71. The van der Waals surface area contributed by atoms with E-state index in [9.17, 15) is 4.79 Å². The molecule has 1 heterocycles. The van der Waals surface area contributed by atoms with E-state index in [4.69, 9.17) is 17.3 Å². The van der Waals surface area contributed by atoms with E-state index in [1.54, 1.807) is 35.2 Å². The molecule has 0 unspecified atom stereocenters. The van der Waals surface area contributed by atoms with Gasteiger partial charge >= 0.3 is 5.97 Å². The van der Waals surface area contributed by atoms with Gasteiger partial charge in [-0.3, -0.25) is 5.10 Å².